The molecule has 4 atom stereocenters. The Morgan fingerprint density at radius 2 is 1.00 bits per heavy atom. The summed E-state index contributed by atoms with van der Waals surface area (Å²) in [5.41, 5.74) is 4.15. The lowest BCUT2D eigenvalue weighted by Crippen LogP contribution is -2.41. The van der Waals surface area contributed by atoms with E-state index in [9.17, 15) is 14.4 Å². The first-order valence-corrected chi connectivity index (χ1v) is 12.2. The van der Waals surface area contributed by atoms with E-state index in [4.69, 9.17) is 18.9 Å². The van der Waals surface area contributed by atoms with Crippen LogP contribution in [0.15, 0.2) is 72.8 Å². The predicted molar refractivity (Wildman–Crippen MR) is 137 cm³/mol. The van der Waals surface area contributed by atoms with Crippen molar-refractivity contribution in [1.29, 1.82) is 0 Å². The molecule has 3 aromatic rings. The van der Waals surface area contributed by atoms with Crippen LogP contribution in [0.3, 0.4) is 0 Å². The molecule has 7 nitrogen and oxygen atoms in total. The van der Waals surface area contributed by atoms with Gasteiger partial charge in [0.15, 0.2) is 12.2 Å². The molecular weight excluding hydrogens is 472 g/mol. The second kappa shape index (κ2) is 11.4. The molecule has 3 aromatic carbocycles. The molecule has 1 heterocycles. The highest BCUT2D eigenvalue weighted by Gasteiger charge is 2.48. The van der Waals surface area contributed by atoms with Gasteiger partial charge in [0.25, 0.3) is 0 Å². The van der Waals surface area contributed by atoms with Crippen LogP contribution in [0.2, 0.25) is 0 Å². The molecule has 1 aliphatic heterocycles. The maximum atomic E-state index is 13.0. The van der Waals surface area contributed by atoms with E-state index in [1.165, 1.54) is 0 Å². The monoisotopic (exact) mass is 502 g/mol. The van der Waals surface area contributed by atoms with Gasteiger partial charge in [0.2, 0.25) is 0 Å². The van der Waals surface area contributed by atoms with Crippen molar-refractivity contribution in [3.63, 3.8) is 0 Å². The fraction of sp³-hybridized carbons (Fsp3) is 0.300. The molecule has 1 unspecified atom stereocenters. The second-order valence-electron chi connectivity index (χ2n) is 9.32. The van der Waals surface area contributed by atoms with E-state index >= 15 is 0 Å². The van der Waals surface area contributed by atoms with Gasteiger partial charge in [0.1, 0.15) is 12.7 Å². The number of aryl methyl sites for hydroxylation is 3. The van der Waals surface area contributed by atoms with E-state index in [2.05, 4.69) is 0 Å². The van der Waals surface area contributed by atoms with Gasteiger partial charge in [-0.15, -0.1) is 0 Å². The Kier molecular flexibility index (Phi) is 8.04. The number of ether oxygens (including phenoxy) is 4. The number of hydrogen-bond donors (Lipinski definition) is 0. The molecule has 0 aliphatic carbocycles. The quantitative estimate of drug-likeness (QED) is 0.332. The van der Waals surface area contributed by atoms with E-state index in [0.717, 1.165) is 16.7 Å². The normalized spacial score (nSPS) is 20.8. The van der Waals surface area contributed by atoms with Gasteiger partial charge in [-0.3, -0.25) is 0 Å². The molecule has 0 aromatic heterocycles. The van der Waals surface area contributed by atoms with Crippen molar-refractivity contribution >= 4 is 17.9 Å². The highest BCUT2D eigenvalue weighted by Crippen LogP contribution is 2.29. The van der Waals surface area contributed by atoms with Crippen LogP contribution in [0.25, 0.3) is 0 Å². The van der Waals surface area contributed by atoms with Gasteiger partial charge in [0, 0.05) is 0 Å². The Morgan fingerprint density at radius 3 is 1.43 bits per heavy atom. The summed E-state index contributed by atoms with van der Waals surface area (Å²) in [7, 11) is 0. The highest BCUT2D eigenvalue weighted by molar-refractivity contribution is 5.91. The van der Waals surface area contributed by atoms with Crippen molar-refractivity contribution in [3.8, 4) is 0 Å². The Bertz CT molecular complexity index is 1250. The summed E-state index contributed by atoms with van der Waals surface area (Å²) in [6.45, 7) is 7.31. The third kappa shape index (κ3) is 6.43. The SMILES string of the molecule is Cc1ccc(C(=O)OC[C@@H]2OC(C)[C@@H](OC(=O)c3ccc(C)cc3)[C@H]2OC(=O)c2ccc(C)cc2)cc1. The van der Waals surface area contributed by atoms with Crippen LogP contribution in [-0.2, 0) is 18.9 Å². The molecule has 0 radical (unpaired) electrons. The minimum Gasteiger partial charge on any atom is -0.459 e. The van der Waals surface area contributed by atoms with Gasteiger partial charge in [-0.2, -0.15) is 0 Å². The van der Waals surface area contributed by atoms with Crippen LogP contribution in [0.5, 0.6) is 0 Å². The number of benzene rings is 3. The first kappa shape index (κ1) is 26.1. The molecule has 192 valence electrons. The van der Waals surface area contributed by atoms with Crippen molar-refractivity contribution in [2.24, 2.45) is 0 Å². The van der Waals surface area contributed by atoms with Crippen molar-refractivity contribution in [2.45, 2.75) is 52.1 Å². The Hall–Kier alpha value is -3.97. The van der Waals surface area contributed by atoms with Gasteiger partial charge in [0.05, 0.1) is 22.8 Å². The summed E-state index contributed by atoms with van der Waals surface area (Å²) in [6, 6.07) is 20.9. The minimum absolute atomic E-state index is 0.179. The van der Waals surface area contributed by atoms with Crippen molar-refractivity contribution in [2.75, 3.05) is 6.61 Å². The van der Waals surface area contributed by atoms with Gasteiger partial charge in [-0.1, -0.05) is 53.1 Å². The molecule has 4 rings (SSSR count). The summed E-state index contributed by atoms with van der Waals surface area (Å²) < 4.78 is 23.0. The summed E-state index contributed by atoms with van der Waals surface area (Å²) in [5.74, 6) is -1.68. The first-order valence-electron chi connectivity index (χ1n) is 12.2. The van der Waals surface area contributed by atoms with Crippen molar-refractivity contribution < 1.29 is 33.3 Å². The topological polar surface area (TPSA) is 88.1 Å². The number of esters is 3. The fourth-order valence-electron chi connectivity index (χ4n) is 4.04. The van der Waals surface area contributed by atoms with Crippen LogP contribution in [0.1, 0.15) is 54.7 Å². The van der Waals surface area contributed by atoms with E-state index in [1.54, 1.807) is 55.5 Å². The average molecular weight is 503 g/mol. The van der Waals surface area contributed by atoms with Gasteiger partial charge >= 0.3 is 17.9 Å². The van der Waals surface area contributed by atoms with Crippen LogP contribution in [0, 0.1) is 20.8 Å². The largest absolute Gasteiger partial charge is 0.459 e. The zero-order chi connectivity index (χ0) is 26.5. The summed E-state index contributed by atoms with van der Waals surface area (Å²) in [6.07, 6.45) is -3.31. The van der Waals surface area contributed by atoms with Gasteiger partial charge in [-0.05, 0) is 64.1 Å². The molecule has 37 heavy (non-hydrogen) atoms. The maximum Gasteiger partial charge on any atom is 0.338 e. The molecule has 1 aliphatic rings. The van der Waals surface area contributed by atoms with Crippen LogP contribution in [0.4, 0.5) is 0 Å². The lowest BCUT2D eigenvalue weighted by atomic mass is 10.1. The third-order valence-electron chi connectivity index (χ3n) is 6.27. The molecule has 7 heteroatoms. The molecule has 0 bridgehead atoms. The van der Waals surface area contributed by atoms with Crippen molar-refractivity contribution in [1.82, 2.24) is 0 Å². The van der Waals surface area contributed by atoms with Crippen LogP contribution < -0.4 is 0 Å². The predicted octanol–water partition coefficient (Wildman–Crippen LogP) is 5.01. The van der Waals surface area contributed by atoms with E-state index in [-0.39, 0.29) is 6.61 Å². The standard InChI is InChI=1S/C30H30O7/c1-18-5-11-22(12-6-18)28(31)34-17-25-27(37-30(33)24-15-9-20(3)10-16-24)26(21(4)35-25)36-29(32)23-13-7-19(2)8-14-23/h5-16,21,25-27H,17H2,1-4H3/t21?,25-,26+,27-/m0/s1. The van der Waals surface area contributed by atoms with Crippen molar-refractivity contribution in [3.05, 3.63) is 106 Å². The molecule has 1 saturated heterocycles. The number of carbonyl (C=O) groups is 3. The summed E-state index contributed by atoms with van der Waals surface area (Å²) in [5, 5.41) is 0. The van der Waals surface area contributed by atoms with Crippen LogP contribution in [-0.4, -0.2) is 48.9 Å². The number of rotatable bonds is 7. The highest BCUT2D eigenvalue weighted by atomic mass is 16.6. The Balaban J connectivity index is 1.52. The summed E-state index contributed by atoms with van der Waals surface area (Å²) >= 11 is 0. The Labute approximate surface area is 216 Å². The second-order valence-corrected chi connectivity index (χ2v) is 9.32. The molecule has 0 amide bonds. The minimum atomic E-state index is -0.982. The zero-order valence-corrected chi connectivity index (χ0v) is 21.3. The van der Waals surface area contributed by atoms with Gasteiger partial charge < -0.3 is 18.9 Å². The number of carbonyl (C=O) groups excluding carboxylic acids is 3. The molecule has 1 fully saturated rings. The zero-order valence-electron chi connectivity index (χ0n) is 21.3. The molecule has 0 N–H and O–H groups in total. The van der Waals surface area contributed by atoms with E-state index in [1.807, 2.05) is 45.0 Å². The average Bonchev–Trinajstić information content (AvgIpc) is 3.17. The van der Waals surface area contributed by atoms with Gasteiger partial charge in [-0.25, -0.2) is 14.4 Å². The summed E-state index contributed by atoms with van der Waals surface area (Å²) in [4.78, 5) is 38.4. The van der Waals surface area contributed by atoms with Crippen LogP contribution >= 0.6 is 0 Å². The fourth-order valence-corrected chi connectivity index (χ4v) is 4.04. The van der Waals surface area contributed by atoms with E-state index in [0.29, 0.717) is 16.7 Å². The smallest absolute Gasteiger partial charge is 0.338 e. The molecule has 0 saturated carbocycles. The lowest BCUT2D eigenvalue weighted by molar-refractivity contribution is -0.0442. The van der Waals surface area contributed by atoms with E-state index < -0.39 is 42.3 Å². The molecular formula is C30H30O7. The maximum absolute atomic E-state index is 13.0. The first-order chi connectivity index (χ1) is 17.7. The third-order valence-corrected chi connectivity index (χ3v) is 6.27. The Morgan fingerprint density at radius 1 is 0.622 bits per heavy atom. The molecule has 0 spiro atoms. The lowest BCUT2D eigenvalue weighted by Gasteiger charge is -2.24. The number of hydrogen-bond acceptors (Lipinski definition) is 7.